The highest BCUT2D eigenvalue weighted by Crippen LogP contribution is 2.27. The number of nitrogens with one attached hydrogen (secondary N) is 1. The molecule has 0 heterocycles. The van der Waals surface area contributed by atoms with E-state index in [0.717, 1.165) is 31.4 Å². The molecule has 0 radical (unpaired) electrons. The van der Waals surface area contributed by atoms with Crippen molar-refractivity contribution < 1.29 is 5.11 Å². The van der Waals surface area contributed by atoms with Crippen LogP contribution in [0.3, 0.4) is 0 Å². The summed E-state index contributed by atoms with van der Waals surface area (Å²) < 4.78 is 0. The maximum atomic E-state index is 9.41. The molecule has 16 heavy (non-hydrogen) atoms. The number of aliphatic hydroxyl groups is 1. The molecule has 0 atom stereocenters. The Kier molecular flexibility index (Phi) is 3.56. The van der Waals surface area contributed by atoms with E-state index in [4.69, 9.17) is 17.3 Å². The molecular weight excluding hydrogens is 224 g/mol. The maximum Gasteiger partial charge on any atom is 0.0577 e. The van der Waals surface area contributed by atoms with Crippen LogP contribution in [0.4, 0.5) is 11.4 Å². The van der Waals surface area contributed by atoms with Gasteiger partial charge >= 0.3 is 0 Å². The zero-order valence-corrected chi connectivity index (χ0v) is 9.87. The third-order valence-corrected chi connectivity index (χ3v) is 3.31. The Morgan fingerprint density at radius 2 is 1.94 bits per heavy atom. The molecule has 0 aliphatic heterocycles. The Morgan fingerprint density at radius 3 is 2.56 bits per heavy atom. The van der Waals surface area contributed by atoms with Crippen molar-refractivity contribution in [2.75, 3.05) is 11.1 Å². The topological polar surface area (TPSA) is 58.3 Å². The monoisotopic (exact) mass is 240 g/mol. The van der Waals surface area contributed by atoms with Crippen LogP contribution in [0.15, 0.2) is 18.2 Å². The number of hydrogen-bond donors (Lipinski definition) is 3. The van der Waals surface area contributed by atoms with Crippen LogP contribution in [0.1, 0.15) is 25.7 Å². The molecule has 4 heteroatoms. The smallest absolute Gasteiger partial charge is 0.0577 e. The van der Waals surface area contributed by atoms with Gasteiger partial charge in [0.2, 0.25) is 0 Å². The standard InChI is InChI=1S/C12H17ClN2O/c13-8-1-6-12(11(14)7-8)15-9-2-4-10(16)5-3-9/h1,6-7,9-10,15-16H,2-5,14H2. The van der Waals surface area contributed by atoms with E-state index in [-0.39, 0.29) is 6.10 Å². The second-order valence-electron chi connectivity index (χ2n) is 4.38. The van der Waals surface area contributed by atoms with Crippen LogP contribution in [0.5, 0.6) is 0 Å². The molecule has 2 rings (SSSR count). The Balaban J connectivity index is 1.98. The summed E-state index contributed by atoms with van der Waals surface area (Å²) in [7, 11) is 0. The largest absolute Gasteiger partial charge is 0.397 e. The van der Waals surface area contributed by atoms with Crippen molar-refractivity contribution in [2.24, 2.45) is 0 Å². The lowest BCUT2D eigenvalue weighted by molar-refractivity contribution is 0.126. The van der Waals surface area contributed by atoms with Crippen molar-refractivity contribution >= 4 is 23.0 Å². The summed E-state index contributed by atoms with van der Waals surface area (Å²) in [5.74, 6) is 0. The summed E-state index contributed by atoms with van der Waals surface area (Å²) in [6.45, 7) is 0. The quantitative estimate of drug-likeness (QED) is 0.697. The summed E-state index contributed by atoms with van der Waals surface area (Å²) in [5, 5.41) is 13.5. The molecule has 0 amide bonds. The van der Waals surface area contributed by atoms with Gasteiger partial charge in [0.05, 0.1) is 17.5 Å². The fourth-order valence-electron chi connectivity index (χ4n) is 2.11. The number of aliphatic hydroxyl groups excluding tert-OH is 1. The van der Waals surface area contributed by atoms with Crippen molar-refractivity contribution in [3.05, 3.63) is 23.2 Å². The highest BCUT2D eigenvalue weighted by atomic mass is 35.5. The van der Waals surface area contributed by atoms with Crippen LogP contribution in [0.2, 0.25) is 5.02 Å². The zero-order valence-electron chi connectivity index (χ0n) is 9.12. The summed E-state index contributed by atoms with van der Waals surface area (Å²) in [5.41, 5.74) is 7.48. The Labute approximate surface area is 101 Å². The first-order valence-corrected chi connectivity index (χ1v) is 6.02. The maximum absolute atomic E-state index is 9.41. The van der Waals surface area contributed by atoms with Crippen LogP contribution in [-0.4, -0.2) is 17.3 Å². The highest BCUT2D eigenvalue weighted by Gasteiger charge is 2.19. The van der Waals surface area contributed by atoms with Gasteiger partial charge in [-0.1, -0.05) is 11.6 Å². The third-order valence-electron chi connectivity index (χ3n) is 3.07. The second kappa shape index (κ2) is 4.93. The molecule has 0 aromatic heterocycles. The van der Waals surface area contributed by atoms with E-state index in [2.05, 4.69) is 5.32 Å². The highest BCUT2D eigenvalue weighted by molar-refractivity contribution is 6.31. The average molecular weight is 241 g/mol. The van der Waals surface area contributed by atoms with Crippen LogP contribution in [0.25, 0.3) is 0 Å². The molecule has 0 spiro atoms. The molecule has 4 N–H and O–H groups in total. The predicted molar refractivity (Wildman–Crippen MR) is 67.7 cm³/mol. The van der Waals surface area contributed by atoms with Gasteiger partial charge in [0, 0.05) is 11.1 Å². The number of nitrogen functional groups attached to an aromatic ring is 1. The van der Waals surface area contributed by atoms with Gasteiger partial charge in [-0.05, 0) is 43.9 Å². The number of hydrogen-bond acceptors (Lipinski definition) is 3. The number of rotatable bonds is 2. The van der Waals surface area contributed by atoms with Gasteiger partial charge in [0.1, 0.15) is 0 Å². The van der Waals surface area contributed by atoms with Crippen molar-refractivity contribution in [1.29, 1.82) is 0 Å². The average Bonchev–Trinajstić information content (AvgIpc) is 2.25. The van der Waals surface area contributed by atoms with Crippen molar-refractivity contribution in [3.63, 3.8) is 0 Å². The molecule has 1 aromatic carbocycles. The molecule has 1 fully saturated rings. The van der Waals surface area contributed by atoms with Crippen molar-refractivity contribution in [1.82, 2.24) is 0 Å². The summed E-state index contributed by atoms with van der Waals surface area (Å²) in [6.07, 6.45) is 3.59. The minimum atomic E-state index is -0.124. The first kappa shape index (κ1) is 11.6. The fourth-order valence-corrected chi connectivity index (χ4v) is 2.29. The van der Waals surface area contributed by atoms with E-state index in [1.807, 2.05) is 12.1 Å². The molecular formula is C12H17ClN2O. The predicted octanol–water partition coefficient (Wildman–Crippen LogP) is 2.64. The van der Waals surface area contributed by atoms with Crippen LogP contribution < -0.4 is 11.1 Å². The molecule has 3 nitrogen and oxygen atoms in total. The molecule has 1 saturated carbocycles. The molecule has 0 unspecified atom stereocenters. The van der Waals surface area contributed by atoms with Crippen LogP contribution >= 0.6 is 11.6 Å². The third kappa shape index (κ3) is 2.80. The van der Waals surface area contributed by atoms with Gasteiger partial charge in [0.15, 0.2) is 0 Å². The Bertz CT molecular complexity index is 362. The van der Waals surface area contributed by atoms with Gasteiger partial charge < -0.3 is 16.2 Å². The summed E-state index contributed by atoms with van der Waals surface area (Å²) in [6, 6.07) is 5.90. The lowest BCUT2D eigenvalue weighted by Crippen LogP contribution is -2.28. The van der Waals surface area contributed by atoms with Gasteiger partial charge in [0.25, 0.3) is 0 Å². The normalized spacial score (nSPS) is 25.4. The Morgan fingerprint density at radius 1 is 1.25 bits per heavy atom. The van der Waals surface area contributed by atoms with E-state index in [1.54, 1.807) is 6.07 Å². The van der Waals surface area contributed by atoms with Crippen molar-refractivity contribution in [2.45, 2.75) is 37.8 Å². The van der Waals surface area contributed by atoms with Crippen molar-refractivity contribution in [3.8, 4) is 0 Å². The molecule has 0 saturated heterocycles. The number of halogens is 1. The van der Waals surface area contributed by atoms with E-state index in [1.165, 1.54) is 0 Å². The van der Waals surface area contributed by atoms with Crippen LogP contribution in [-0.2, 0) is 0 Å². The van der Waals surface area contributed by atoms with Crippen LogP contribution in [0, 0.1) is 0 Å². The number of anilines is 2. The van der Waals surface area contributed by atoms with E-state index >= 15 is 0 Å². The van der Waals surface area contributed by atoms with E-state index < -0.39 is 0 Å². The lowest BCUT2D eigenvalue weighted by Gasteiger charge is -2.27. The summed E-state index contributed by atoms with van der Waals surface area (Å²) >= 11 is 5.84. The molecule has 1 aliphatic carbocycles. The van der Waals surface area contributed by atoms with E-state index in [0.29, 0.717) is 16.8 Å². The lowest BCUT2D eigenvalue weighted by atomic mass is 9.93. The first-order valence-electron chi connectivity index (χ1n) is 5.65. The number of nitrogens with two attached hydrogens (primary N) is 1. The number of benzene rings is 1. The molecule has 1 aliphatic rings. The van der Waals surface area contributed by atoms with E-state index in [9.17, 15) is 5.11 Å². The van der Waals surface area contributed by atoms with Gasteiger partial charge in [-0.15, -0.1) is 0 Å². The molecule has 1 aromatic rings. The van der Waals surface area contributed by atoms with Gasteiger partial charge in [-0.3, -0.25) is 0 Å². The Hall–Kier alpha value is -0.930. The zero-order chi connectivity index (χ0) is 11.5. The second-order valence-corrected chi connectivity index (χ2v) is 4.82. The molecule has 0 bridgehead atoms. The minimum absolute atomic E-state index is 0.124. The fraction of sp³-hybridized carbons (Fsp3) is 0.500. The first-order chi connectivity index (χ1) is 7.65. The summed E-state index contributed by atoms with van der Waals surface area (Å²) in [4.78, 5) is 0. The molecule has 88 valence electrons. The van der Waals surface area contributed by atoms with Gasteiger partial charge in [-0.25, -0.2) is 0 Å². The van der Waals surface area contributed by atoms with Gasteiger partial charge in [-0.2, -0.15) is 0 Å². The SMILES string of the molecule is Nc1cc(Cl)ccc1NC1CCC(O)CC1. The minimum Gasteiger partial charge on any atom is -0.397 e.